The van der Waals surface area contributed by atoms with E-state index in [1.807, 2.05) is 31.8 Å². The van der Waals surface area contributed by atoms with E-state index < -0.39 is 0 Å². The lowest BCUT2D eigenvalue weighted by molar-refractivity contribution is 0.533. The Morgan fingerprint density at radius 2 is 2.10 bits per heavy atom. The number of hydrogen-bond acceptors (Lipinski definition) is 2. The maximum atomic E-state index is 13.4. The number of nitrogens with one attached hydrogen (secondary N) is 1. The van der Waals surface area contributed by atoms with Crippen LogP contribution < -0.4 is 5.32 Å². The van der Waals surface area contributed by atoms with Crippen molar-refractivity contribution in [3.8, 4) is 0 Å². The second kappa shape index (κ2) is 6.18. The third-order valence-electron chi connectivity index (χ3n) is 3.77. The fraction of sp³-hybridized carbons (Fsp3) is 0.438. The summed E-state index contributed by atoms with van der Waals surface area (Å²) in [6, 6.07) is 7.21. The smallest absolute Gasteiger partial charge is 0.123 e. The SMILES string of the molecule is CCc1cc(C(Cc2cc(F)ccc2C)NC)n(C)n1. The first-order valence-corrected chi connectivity index (χ1v) is 7.00. The lowest BCUT2D eigenvalue weighted by Gasteiger charge is -2.18. The minimum Gasteiger partial charge on any atom is -0.311 e. The number of hydrogen-bond donors (Lipinski definition) is 1. The highest BCUT2D eigenvalue weighted by atomic mass is 19.1. The summed E-state index contributed by atoms with van der Waals surface area (Å²) in [5.41, 5.74) is 4.36. The van der Waals surface area contributed by atoms with Crippen LogP contribution in [0.5, 0.6) is 0 Å². The Morgan fingerprint density at radius 1 is 1.35 bits per heavy atom. The molecule has 4 heteroatoms. The summed E-state index contributed by atoms with van der Waals surface area (Å²) in [7, 11) is 3.88. The summed E-state index contributed by atoms with van der Waals surface area (Å²) in [6.07, 6.45) is 1.67. The monoisotopic (exact) mass is 275 g/mol. The van der Waals surface area contributed by atoms with Gasteiger partial charge in [-0.3, -0.25) is 4.68 Å². The molecule has 1 unspecified atom stereocenters. The average molecular weight is 275 g/mol. The van der Waals surface area contributed by atoms with Gasteiger partial charge in [-0.05, 0) is 56.1 Å². The second-order valence-electron chi connectivity index (χ2n) is 5.15. The normalized spacial score (nSPS) is 12.7. The molecule has 0 fully saturated rings. The molecule has 2 aromatic rings. The largest absolute Gasteiger partial charge is 0.311 e. The van der Waals surface area contributed by atoms with E-state index in [1.165, 1.54) is 6.07 Å². The molecule has 0 saturated heterocycles. The van der Waals surface area contributed by atoms with Gasteiger partial charge in [-0.25, -0.2) is 4.39 Å². The van der Waals surface area contributed by atoms with Crippen LogP contribution in [0.2, 0.25) is 0 Å². The van der Waals surface area contributed by atoms with Crippen LogP contribution in [-0.2, 0) is 19.9 Å². The quantitative estimate of drug-likeness (QED) is 0.909. The predicted octanol–water partition coefficient (Wildman–Crippen LogP) is 2.93. The molecule has 0 bridgehead atoms. The highest BCUT2D eigenvalue weighted by Crippen LogP contribution is 2.21. The lowest BCUT2D eigenvalue weighted by Crippen LogP contribution is -2.22. The summed E-state index contributed by atoms with van der Waals surface area (Å²) in [6.45, 7) is 4.11. The number of nitrogens with zero attached hydrogens (tertiary/aromatic N) is 2. The Hall–Kier alpha value is -1.68. The van der Waals surface area contributed by atoms with Crippen molar-refractivity contribution in [3.05, 3.63) is 52.6 Å². The summed E-state index contributed by atoms with van der Waals surface area (Å²) in [4.78, 5) is 0. The van der Waals surface area contributed by atoms with E-state index in [-0.39, 0.29) is 11.9 Å². The van der Waals surface area contributed by atoms with Gasteiger partial charge in [-0.15, -0.1) is 0 Å². The highest BCUT2D eigenvalue weighted by Gasteiger charge is 2.16. The van der Waals surface area contributed by atoms with Crippen LogP contribution in [0.1, 0.15) is 35.5 Å². The molecule has 0 aliphatic carbocycles. The van der Waals surface area contributed by atoms with Gasteiger partial charge in [0, 0.05) is 7.05 Å². The van der Waals surface area contributed by atoms with E-state index >= 15 is 0 Å². The maximum Gasteiger partial charge on any atom is 0.123 e. The standard InChI is InChI=1S/C16H22FN3/c1-5-14-10-16(20(4)19-14)15(18-3)9-12-8-13(17)7-6-11(12)2/h6-8,10,15,18H,5,9H2,1-4H3. The Bertz CT molecular complexity index is 589. The number of rotatable bonds is 5. The molecule has 0 radical (unpaired) electrons. The Kier molecular flexibility index (Phi) is 4.55. The van der Waals surface area contributed by atoms with Crippen LogP contribution in [0.25, 0.3) is 0 Å². The first kappa shape index (κ1) is 14.7. The van der Waals surface area contributed by atoms with Gasteiger partial charge in [0.1, 0.15) is 5.82 Å². The van der Waals surface area contributed by atoms with Gasteiger partial charge in [0.25, 0.3) is 0 Å². The third kappa shape index (κ3) is 3.07. The molecule has 0 aliphatic rings. The Labute approximate surface area is 119 Å². The zero-order valence-corrected chi connectivity index (χ0v) is 12.6. The molecule has 3 nitrogen and oxygen atoms in total. The van der Waals surface area contributed by atoms with Crippen molar-refractivity contribution < 1.29 is 4.39 Å². The predicted molar refractivity (Wildman–Crippen MR) is 79.2 cm³/mol. The van der Waals surface area contributed by atoms with Gasteiger partial charge >= 0.3 is 0 Å². The van der Waals surface area contributed by atoms with E-state index in [0.29, 0.717) is 0 Å². The third-order valence-corrected chi connectivity index (χ3v) is 3.77. The molecule has 2 rings (SSSR count). The number of aromatic nitrogens is 2. The number of aryl methyl sites for hydroxylation is 3. The van der Waals surface area contributed by atoms with Crippen LogP contribution in [0, 0.1) is 12.7 Å². The molecule has 0 spiro atoms. The van der Waals surface area contributed by atoms with Crippen molar-refractivity contribution in [2.24, 2.45) is 7.05 Å². The summed E-state index contributed by atoms with van der Waals surface area (Å²) >= 11 is 0. The van der Waals surface area contributed by atoms with Crippen molar-refractivity contribution in [1.29, 1.82) is 0 Å². The van der Waals surface area contributed by atoms with Gasteiger partial charge in [0.05, 0.1) is 17.4 Å². The van der Waals surface area contributed by atoms with Gasteiger partial charge in [0.2, 0.25) is 0 Å². The molecular formula is C16H22FN3. The van der Waals surface area contributed by atoms with Gasteiger partial charge in [-0.1, -0.05) is 13.0 Å². The lowest BCUT2D eigenvalue weighted by atomic mass is 9.99. The minimum atomic E-state index is -0.181. The molecule has 1 aromatic carbocycles. The first-order chi connectivity index (χ1) is 9.55. The number of likely N-dealkylation sites (N-methyl/N-ethyl adjacent to an activating group) is 1. The molecule has 108 valence electrons. The molecule has 0 saturated carbocycles. The summed E-state index contributed by atoms with van der Waals surface area (Å²) in [5, 5.41) is 7.79. The van der Waals surface area contributed by atoms with Crippen LogP contribution in [0.3, 0.4) is 0 Å². The maximum absolute atomic E-state index is 13.4. The van der Waals surface area contributed by atoms with E-state index in [2.05, 4.69) is 23.4 Å². The molecule has 0 aliphatic heterocycles. The first-order valence-electron chi connectivity index (χ1n) is 7.00. The Balaban J connectivity index is 2.28. The van der Waals surface area contributed by atoms with Crippen LogP contribution in [0.4, 0.5) is 4.39 Å². The second-order valence-corrected chi connectivity index (χ2v) is 5.15. The average Bonchev–Trinajstić information content (AvgIpc) is 2.81. The summed E-state index contributed by atoms with van der Waals surface area (Å²) in [5.74, 6) is -0.181. The van der Waals surface area contributed by atoms with Crippen molar-refractivity contribution in [3.63, 3.8) is 0 Å². The summed E-state index contributed by atoms with van der Waals surface area (Å²) < 4.78 is 15.3. The van der Waals surface area contributed by atoms with Gasteiger partial charge in [-0.2, -0.15) is 5.10 Å². The number of halogens is 1. The Morgan fingerprint density at radius 3 is 2.70 bits per heavy atom. The van der Waals surface area contributed by atoms with Crippen molar-refractivity contribution in [2.75, 3.05) is 7.05 Å². The topological polar surface area (TPSA) is 29.9 Å². The highest BCUT2D eigenvalue weighted by molar-refractivity contribution is 5.29. The fourth-order valence-electron chi connectivity index (χ4n) is 2.48. The van der Waals surface area contributed by atoms with Crippen molar-refractivity contribution in [1.82, 2.24) is 15.1 Å². The molecular weight excluding hydrogens is 253 g/mol. The zero-order chi connectivity index (χ0) is 14.7. The molecule has 20 heavy (non-hydrogen) atoms. The molecule has 1 aromatic heterocycles. The van der Waals surface area contributed by atoms with Crippen LogP contribution in [-0.4, -0.2) is 16.8 Å². The van der Waals surface area contributed by atoms with E-state index in [0.717, 1.165) is 35.4 Å². The van der Waals surface area contributed by atoms with Crippen LogP contribution >= 0.6 is 0 Å². The molecule has 1 heterocycles. The minimum absolute atomic E-state index is 0.133. The van der Waals surface area contributed by atoms with E-state index in [1.54, 1.807) is 6.07 Å². The van der Waals surface area contributed by atoms with Crippen LogP contribution in [0.15, 0.2) is 24.3 Å². The molecule has 1 atom stereocenters. The van der Waals surface area contributed by atoms with Crippen molar-refractivity contribution in [2.45, 2.75) is 32.7 Å². The molecule has 1 N–H and O–H groups in total. The van der Waals surface area contributed by atoms with Gasteiger partial charge < -0.3 is 5.32 Å². The van der Waals surface area contributed by atoms with Crippen molar-refractivity contribution >= 4 is 0 Å². The number of benzene rings is 1. The fourth-order valence-corrected chi connectivity index (χ4v) is 2.48. The van der Waals surface area contributed by atoms with E-state index in [4.69, 9.17) is 0 Å². The molecule has 0 amide bonds. The van der Waals surface area contributed by atoms with E-state index in [9.17, 15) is 4.39 Å². The zero-order valence-electron chi connectivity index (χ0n) is 12.6. The van der Waals surface area contributed by atoms with Gasteiger partial charge in [0.15, 0.2) is 0 Å².